The molecule has 0 aromatic heterocycles. The van der Waals surface area contributed by atoms with Gasteiger partial charge in [-0.1, -0.05) is 123 Å². The van der Waals surface area contributed by atoms with Gasteiger partial charge in [0.2, 0.25) is 23.6 Å². The Morgan fingerprint density at radius 3 is 1.81 bits per heavy atom. The Kier molecular flexibility index (Phi) is 37.2. The second-order valence-corrected chi connectivity index (χ2v) is 17.9. The quantitative estimate of drug-likeness (QED) is 0.0341. The maximum Gasteiger partial charge on any atom is 0.407 e. The summed E-state index contributed by atoms with van der Waals surface area (Å²) in [6, 6.07) is 4.52. The smallest absolute Gasteiger partial charge is 0.407 e. The first kappa shape index (κ1) is 68.5. The minimum atomic E-state index is -1.23. The Morgan fingerprint density at radius 1 is 0.800 bits per heavy atom. The molecule has 7 atom stereocenters. The van der Waals surface area contributed by atoms with Gasteiger partial charge in [0.05, 0.1) is 6.54 Å². The maximum atomic E-state index is 13.9. The van der Waals surface area contributed by atoms with Gasteiger partial charge < -0.3 is 50.9 Å². The third-order valence-electron chi connectivity index (χ3n) is 10.9. The molecule has 1 aromatic rings. The topological polar surface area (TPSA) is 244 Å². The first-order chi connectivity index (χ1) is 32.7. The number of benzene rings is 1. The van der Waals surface area contributed by atoms with Gasteiger partial charge in [0.1, 0.15) is 24.2 Å². The van der Waals surface area contributed by atoms with Gasteiger partial charge in [-0.05, 0) is 77.8 Å². The highest BCUT2D eigenvalue weighted by Crippen LogP contribution is 2.17. The molecule has 0 aliphatic heterocycles. The van der Waals surface area contributed by atoms with Gasteiger partial charge in [-0.25, -0.2) is 9.59 Å². The van der Waals surface area contributed by atoms with Crippen LogP contribution in [0.3, 0.4) is 0 Å². The minimum absolute atomic E-state index is 0.00823. The Hall–Kier alpha value is -5.78. The fourth-order valence-corrected chi connectivity index (χ4v) is 6.39. The highest BCUT2D eigenvalue weighted by atomic mass is 16.5. The first-order valence-electron chi connectivity index (χ1n) is 24.4. The minimum Gasteiger partial charge on any atom is -0.480 e. The molecule has 0 saturated heterocycles. The standard InChI is InChI=1S/C35H53N5O9.C10H20.C5H12N2O2.C2H6/c1-11-22(6)29(31(43)37-24(8)34(46)47)38-28(41)19-39(9)33(45)26(18-25-15-13-12-14-16-25)40(10)32(44)23(7)36-30(42)27(17-20(2)3)49-35(48)21(4)5;1-5-7-10(4)8-9(3)6-2;1-6-3-4-7(2)5(8)9;1-2/h12-16,20,22-24,26-27,29H,4,11,17-19H2,1-3,5-10H3,(H,36,42)(H,37,43)(H,38,41)(H,46,47);6,10H,5,7-8H2,1-4H3;6H,3-4H2,1-2H3,(H,8,9);1-2H3/b;9-6+;;/t22?,23?,24-,26-,27-,29?;;;/m1.../s1. The lowest BCUT2D eigenvalue weighted by Gasteiger charge is -2.33. The van der Waals surface area contributed by atoms with Gasteiger partial charge in [-0.2, -0.15) is 0 Å². The van der Waals surface area contributed by atoms with Crippen LogP contribution in [0.15, 0.2) is 54.1 Å². The Labute approximate surface area is 419 Å². The average molecular weight is 990 g/mol. The molecule has 0 fully saturated rings. The van der Waals surface area contributed by atoms with E-state index in [1.807, 2.05) is 34.6 Å². The van der Waals surface area contributed by atoms with Gasteiger partial charge in [0, 0.05) is 46.2 Å². The van der Waals surface area contributed by atoms with E-state index in [2.05, 4.69) is 61.6 Å². The number of nitrogens with zero attached hydrogens (tertiary/aromatic N) is 3. The lowest BCUT2D eigenvalue weighted by molar-refractivity contribution is -0.154. The molecular formula is C52H91N7O11. The fraction of sp³-hybridized carbons (Fsp3) is 0.654. The summed E-state index contributed by atoms with van der Waals surface area (Å²) < 4.78 is 5.33. The number of likely N-dealkylation sites (N-methyl/N-ethyl adjacent to an activating group) is 4. The number of rotatable bonds is 26. The van der Waals surface area contributed by atoms with Gasteiger partial charge >= 0.3 is 18.0 Å². The Balaban J connectivity index is -0.00000176. The van der Waals surface area contributed by atoms with E-state index in [1.165, 1.54) is 69.5 Å². The lowest BCUT2D eigenvalue weighted by Crippen LogP contribution is -2.57. The zero-order valence-electron chi connectivity index (χ0n) is 45.6. The number of esters is 1. The van der Waals surface area contributed by atoms with Crippen LogP contribution in [0.2, 0.25) is 0 Å². The number of carbonyl (C=O) groups excluding carboxylic acids is 6. The largest absolute Gasteiger partial charge is 0.480 e. The number of amides is 6. The molecule has 6 amide bonds. The second-order valence-electron chi connectivity index (χ2n) is 17.9. The summed E-state index contributed by atoms with van der Waals surface area (Å²) in [6.07, 6.45) is 4.94. The van der Waals surface area contributed by atoms with E-state index < -0.39 is 84.4 Å². The number of hydrogen-bond acceptors (Lipinski definition) is 10. The molecule has 0 saturated carbocycles. The number of carbonyl (C=O) groups is 8. The number of carboxylic acids is 1. The Morgan fingerprint density at radius 2 is 1.36 bits per heavy atom. The average Bonchev–Trinajstić information content (AvgIpc) is 3.31. The summed E-state index contributed by atoms with van der Waals surface area (Å²) in [4.78, 5) is 104. The van der Waals surface area contributed by atoms with Crippen molar-refractivity contribution in [3.63, 3.8) is 0 Å². The second kappa shape index (κ2) is 38.0. The highest BCUT2D eigenvalue weighted by molar-refractivity contribution is 5.96. The van der Waals surface area contributed by atoms with Crippen molar-refractivity contribution in [2.24, 2.45) is 17.8 Å². The highest BCUT2D eigenvalue weighted by Gasteiger charge is 2.35. The molecule has 400 valence electrons. The van der Waals surface area contributed by atoms with Crippen molar-refractivity contribution in [3.8, 4) is 0 Å². The van der Waals surface area contributed by atoms with Crippen molar-refractivity contribution < 1.29 is 53.3 Å². The maximum absolute atomic E-state index is 13.9. The van der Waals surface area contributed by atoms with E-state index in [-0.39, 0.29) is 30.3 Å². The summed E-state index contributed by atoms with van der Waals surface area (Å²) >= 11 is 0. The molecule has 70 heavy (non-hydrogen) atoms. The summed E-state index contributed by atoms with van der Waals surface area (Å²) in [5, 5.41) is 27.9. The summed E-state index contributed by atoms with van der Waals surface area (Å²) in [6.45, 7) is 28.7. The number of ether oxygens (including phenoxy) is 1. The molecular weight excluding hydrogens is 899 g/mol. The van der Waals surface area contributed by atoms with E-state index in [9.17, 15) is 43.5 Å². The van der Waals surface area contributed by atoms with E-state index in [4.69, 9.17) is 9.84 Å². The molecule has 1 rings (SSSR count). The van der Waals surface area contributed by atoms with Crippen molar-refractivity contribution in [2.45, 2.75) is 159 Å². The van der Waals surface area contributed by atoms with Crippen molar-refractivity contribution >= 4 is 47.6 Å². The SMILES string of the molecule is C/C=C(\C)CC(C)CCC.C=C(C)C(=O)O[C@H](CC(C)C)C(=O)NC(C)C(=O)N(C)[C@H](Cc1ccccc1)C(=O)N(C)CC(=O)NC(C(=O)N[C@H](C)C(=O)O)C(C)CC.CC.CNCCN(C)C(=O)O. The Bertz CT molecular complexity index is 1790. The van der Waals surface area contributed by atoms with Gasteiger partial charge in [0.15, 0.2) is 6.10 Å². The van der Waals surface area contributed by atoms with Crippen LogP contribution < -0.4 is 21.3 Å². The fourth-order valence-electron chi connectivity index (χ4n) is 6.39. The van der Waals surface area contributed by atoms with Crippen molar-refractivity contribution in [1.29, 1.82) is 0 Å². The van der Waals surface area contributed by atoms with Crippen LogP contribution in [-0.4, -0.2) is 151 Å². The predicted molar refractivity (Wildman–Crippen MR) is 277 cm³/mol. The molecule has 1 aromatic carbocycles. The van der Waals surface area contributed by atoms with E-state index in [0.29, 0.717) is 19.5 Å². The van der Waals surface area contributed by atoms with Crippen LogP contribution in [-0.2, 0) is 44.7 Å². The van der Waals surface area contributed by atoms with E-state index >= 15 is 0 Å². The molecule has 18 nitrogen and oxygen atoms in total. The number of aliphatic carboxylic acids is 1. The summed E-state index contributed by atoms with van der Waals surface area (Å²) in [7, 11) is 6.14. The molecule has 18 heteroatoms. The van der Waals surface area contributed by atoms with Gasteiger partial charge in [-0.3, -0.25) is 28.8 Å². The molecule has 0 radical (unpaired) electrons. The van der Waals surface area contributed by atoms with Crippen LogP contribution in [0.25, 0.3) is 0 Å². The number of nitrogens with one attached hydrogen (secondary N) is 4. The normalized spacial score (nSPS) is 13.7. The van der Waals surface area contributed by atoms with Crippen LogP contribution in [0.4, 0.5) is 4.79 Å². The van der Waals surface area contributed by atoms with Crippen LogP contribution >= 0.6 is 0 Å². The predicted octanol–water partition coefficient (Wildman–Crippen LogP) is 6.29. The summed E-state index contributed by atoms with van der Waals surface area (Å²) in [5.74, 6) is -4.62. The zero-order chi connectivity index (χ0) is 54.8. The van der Waals surface area contributed by atoms with Crippen LogP contribution in [0, 0.1) is 17.8 Å². The van der Waals surface area contributed by atoms with Crippen LogP contribution in [0.1, 0.15) is 128 Å². The molecule has 0 spiro atoms. The van der Waals surface area contributed by atoms with Gasteiger partial charge in [-0.15, -0.1) is 0 Å². The van der Waals surface area contributed by atoms with Crippen molar-refractivity contribution in [3.05, 3.63) is 59.7 Å². The summed E-state index contributed by atoms with van der Waals surface area (Å²) in [5.41, 5.74) is 2.39. The van der Waals surface area contributed by atoms with E-state index in [1.54, 1.807) is 51.4 Å². The number of hydrogen-bond donors (Lipinski definition) is 6. The van der Waals surface area contributed by atoms with Crippen molar-refractivity contribution in [2.75, 3.05) is 47.8 Å². The third-order valence-corrected chi connectivity index (χ3v) is 10.9. The number of allylic oxidation sites excluding steroid dienone is 2. The van der Waals surface area contributed by atoms with Crippen molar-refractivity contribution in [1.82, 2.24) is 36.0 Å². The zero-order valence-corrected chi connectivity index (χ0v) is 45.6. The van der Waals surface area contributed by atoms with Gasteiger partial charge in [0.25, 0.3) is 5.91 Å². The number of carboxylic acid groups (broad SMARTS) is 2. The molecule has 0 aliphatic carbocycles. The molecule has 0 heterocycles. The molecule has 4 unspecified atom stereocenters. The van der Waals surface area contributed by atoms with E-state index in [0.717, 1.165) is 16.4 Å². The molecule has 6 N–H and O–H groups in total. The lowest BCUT2D eigenvalue weighted by atomic mass is 9.98. The third kappa shape index (κ3) is 29.3. The first-order valence-corrected chi connectivity index (χ1v) is 24.4. The van der Waals surface area contributed by atoms with Crippen LogP contribution in [0.5, 0.6) is 0 Å². The molecule has 0 bridgehead atoms. The monoisotopic (exact) mass is 990 g/mol. The molecule has 0 aliphatic rings.